The van der Waals surface area contributed by atoms with Gasteiger partial charge in [0.05, 0.1) is 0 Å². The Kier molecular flexibility index (Phi) is 2.63. The number of fused-ring (bicyclic) bond motifs is 1. The van der Waals surface area contributed by atoms with Crippen molar-refractivity contribution in [1.82, 2.24) is 9.88 Å². The van der Waals surface area contributed by atoms with Crippen LogP contribution >= 0.6 is 0 Å². The molecule has 3 rings (SSSR count). The number of para-hydroxylation sites is 1. The zero-order valence-electron chi connectivity index (χ0n) is 10.3. The second kappa shape index (κ2) is 4.05. The zero-order chi connectivity index (χ0) is 12.8. The fourth-order valence-corrected chi connectivity index (χ4v) is 2.79. The summed E-state index contributed by atoms with van der Waals surface area (Å²) in [5.41, 5.74) is 1.02. The Morgan fingerprint density at radius 2 is 2.11 bits per heavy atom. The quantitative estimate of drug-likeness (QED) is 0.867. The fourth-order valence-electron chi connectivity index (χ4n) is 2.79. The van der Waals surface area contributed by atoms with Gasteiger partial charge in [0.15, 0.2) is 0 Å². The van der Waals surface area contributed by atoms with E-state index in [4.69, 9.17) is 0 Å². The lowest BCUT2D eigenvalue weighted by atomic mass is 9.93. The third-order valence-electron chi connectivity index (χ3n) is 3.83. The van der Waals surface area contributed by atoms with E-state index in [0.29, 0.717) is 24.9 Å². The Hall–Kier alpha value is -1.42. The van der Waals surface area contributed by atoms with E-state index in [-0.39, 0.29) is 5.56 Å². The Bertz CT molecular complexity index is 568. The maximum absolute atomic E-state index is 14.6. The number of nitrogens with zero attached hydrogens (tertiary/aromatic N) is 1. The van der Waals surface area contributed by atoms with E-state index in [2.05, 4.69) is 5.32 Å². The molecular weight excluding hydrogens is 234 g/mol. The van der Waals surface area contributed by atoms with Gasteiger partial charge >= 0.3 is 0 Å². The van der Waals surface area contributed by atoms with Crippen LogP contribution in [0.15, 0.2) is 30.5 Å². The molecule has 1 unspecified atom stereocenters. The first-order chi connectivity index (χ1) is 8.60. The summed E-state index contributed by atoms with van der Waals surface area (Å²) in [6, 6.07) is 7.35. The molecular formula is C14H16F2N2. The van der Waals surface area contributed by atoms with Gasteiger partial charge in [0.1, 0.15) is 0 Å². The first-order valence-electron chi connectivity index (χ1n) is 6.24. The molecule has 1 aliphatic rings. The normalized spacial score (nSPS) is 20.7. The van der Waals surface area contributed by atoms with Crippen LogP contribution in [0.4, 0.5) is 8.78 Å². The highest BCUT2D eigenvalue weighted by molar-refractivity contribution is 5.84. The zero-order valence-corrected chi connectivity index (χ0v) is 10.3. The molecule has 1 N–H and O–H groups in total. The number of halogens is 2. The summed E-state index contributed by atoms with van der Waals surface area (Å²) in [4.78, 5) is 0. The SMILES string of the molecule is Cn1cc(C(F)(F)C2CCNC2)c2ccccc21. The van der Waals surface area contributed by atoms with Gasteiger partial charge in [-0.3, -0.25) is 0 Å². The van der Waals surface area contributed by atoms with Gasteiger partial charge < -0.3 is 9.88 Å². The Morgan fingerprint density at radius 1 is 1.33 bits per heavy atom. The maximum Gasteiger partial charge on any atom is 0.279 e. The molecule has 2 nitrogen and oxygen atoms in total. The van der Waals surface area contributed by atoms with Crippen molar-refractivity contribution < 1.29 is 8.78 Å². The number of hydrogen-bond donors (Lipinski definition) is 1. The summed E-state index contributed by atoms with van der Waals surface area (Å²) < 4.78 is 30.9. The van der Waals surface area contributed by atoms with Gasteiger partial charge in [0, 0.05) is 42.2 Å². The molecule has 1 fully saturated rings. The van der Waals surface area contributed by atoms with Gasteiger partial charge in [-0.2, -0.15) is 0 Å². The van der Waals surface area contributed by atoms with Gasteiger partial charge in [-0.15, -0.1) is 0 Å². The largest absolute Gasteiger partial charge is 0.350 e. The second-order valence-electron chi connectivity index (χ2n) is 4.98. The minimum atomic E-state index is -2.76. The minimum absolute atomic E-state index is 0.161. The van der Waals surface area contributed by atoms with E-state index in [9.17, 15) is 8.78 Å². The summed E-state index contributed by atoms with van der Waals surface area (Å²) in [5.74, 6) is -3.35. The number of benzene rings is 1. The summed E-state index contributed by atoms with van der Waals surface area (Å²) >= 11 is 0. The van der Waals surface area contributed by atoms with Gasteiger partial charge in [0.25, 0.3) is 5.92 Å². The molecule has 96 valence electrons. The van der Waals surface area contributed by atoms with Crippen molar-refractivity contribution in [2.75, 3.05) is 13.1 Å². The molecule has 1 aromatic heterocycles. The molecule has 1 aromatic carbocycles. The molecule has 0 spiro atoms. The van der Waals surface area contributed by atoms with Crippen LogP contribution in [0.2, 0.25) is 0 Å². The molecule has 2 aromatic rings. The van der Waals surface area contributed by atoms with Crippen LogP contribution in [-0.2, 0) is 13.0 Å². The summed E-state index contributed by atoms with van der Waals surface area (Å²) in [7, 11) is 1.81. The van der Waals surface area contributed by atoms with Crippen LogP contribution < -0.4 is 5.32 Å². The van der Waals surface area contributed by atoms with Crippen molar-refractivity contribution in [2.45, 2.75) is 12.3 Å². The van der Waals surface area contributed by atoms with Crippen molar-refractivity contribution in [3.8, 4) is 0 Å². The number of aryl methyl sites for hydroxylation is 1. The lowest BCUT2D eigenvalue weighted by Gasteiger charge is -2.22. The maximum atomic E-state index is 14.6. The van der Waals surface area contributed by atoms with Gasteiger partial charge in [0.2, 0.25) is 0 Å². The monoisotopic (exact) mass is 250 g/mol. The van der Waals surface area contributed by atoms with Crippen LogP contribution in [0.5, 0.6) is 0 Å². The number of hydrogen-bond acceptors (Lipinski definition) is 1. The topological polar surface area (TPSA) is 17.0 Å². The Morgan fingerprint density at radius 3 is 2.83 bits per heavy atom. The number of aromatic nitrogens is 1. The number of nitrogens with one attached hydrogen (secondary N) is 1. The fraction of sp³-hybridized carbons (Fsp3) is 0.429. The van der Waals surface area contributed by atoms with Crippen LogP contribution in [0, 0.1) is 5.92 Å². The molecule has 4 heteroatoms. The highest BCUT2D eigenvalue weighted by atomic mass is 19.3. The van der Waals surface area contributed by atoms with Crippen molar-refractivity contribution in [3.05, 3.63) is 36.0 Å². The second-order valence-corrected chi connectivity index (χ2v) is 4.98. The van der Waals surface area contributed by atoms with Crippen LogP contribution in [0.25, 0.3) is 10.9 Å². The molecule has 2 heterocycles. The van der Waals surface area contributed by atoms with Crippen molar-refractivity contribution in [3.63, 3.8) is 0 Å². The third-order valence-corrected chi connectivity index (χ3v) is 3.83. The van der Waals surface area contributed by atoms with Gasteiger partial charge in [-0.25, -0.2) is 8.78 Å². The van der Waals surface area contributed by atoms with E-state index >= 15 is 0 Å². The summed E-state index contributed by atoms with van der Waals surface area (Å²) in [6.45, 7) is 1.08. The molecule has 0 radical (unpaired) electrons. The predicted molar refractivity (Wildman–Crippen MR) is 67.8 cm³/mol. The minimum Gasteiger partial charge on any atom is -0.350 e. The highest BCUT2D eigenvalue weighted by Gasteiger charge is 2.44. The molecule has 0 bridgehead atoms. The molecule has 0 amide bonds. The molecule has 1 saturated heterocycles. The lowest BCUT2D eigenvalue weighted by Crippen LogP contribution is -2.27. The number of rotatable bonds is 2. The van der Waals surface area contributed by atoms with E-state index in [1.807, 2.05) is 25.2 Å². The van der Waals surface area contributed by atoms with Gasteiger partial charge in [-0.05, 0) is 19.0 Å². The van der Waals surface area contributed by atoms with Gasteiger partial charge in [-0.1, -0.05) is 18.2 Å². The van der Waals surface area contributed by atoms with Crippen LogP contribution in [-0.4, -0.2) is 17.7 Å². The van der Waals surface area contributed by atoms with Crippen LogP contribution in [0.3, 0.4) is 0 Å². The van der Waals surface area contributed by atoms with E-state index in [1.165, 1.54) is 0 Å². The smallest absolute Gasteiger partial charge is 0.279 e. The Labute approximate surface area is 105 Å². The van der Waals surface area contributed by atoms with Crippen LogP contribution in [0.1, 0.15) is 12.0 Å². The first kappa shape index (κ1) is 11.7. The first-order valence-corrected chi connectivity index (χ1v) is 6.24. The highest BCUT2D eigenvalue weighted by Crippen LogP contribution is 2.42. The predicted octanol–water partition coefficient (Wildman–Crippen LogP) is 2.88. The van der Waals surface area contributed by atoms with Crippen molar-refractivity contribution in [2.24, 2.45) is 13.0 Å². The van der Waals surface area contributed by atoms with E-state index in [0.717, 1.165) is 5.52 Å². The molecule has 1 atom stereocenters. The summed E-state index contributed by atoms with van der Waals surface area (Å²) in [5, 5.41) is 3.68. The molecule has 18 heavy (non-hydrogen) atoms. The van der Waals surface area contributed by atoms with E-state index < -0.39 is 11.8 Å². The van der Waals surface area contributed by atoms with Crippen molar-refractivity contribution >= 4 is 10.9 Å². The lowest BCUT2D eigenvalue weighted by molar-refractivity contribution is -0.0562. The summed E-state index contributed by atoms with van der Waals surface area (Å²) in [6.07, 6.45) is 2.11. The Balaban J connectivity index is 2.13. The average Bonchev–Trinajstić information content (AvgIpc) is 2.98. The third kappa shape index (κ3) is 1.63. The standard InChI is InChI=1S/C14H16F2N2/c1-18-9-12(11-4-2-3-5-13(11)18)14(15,16)10-6-7-17-8-10/h2-5,9-10,17H,6-8H2,1H3. The average molecular weight is 250 g/mol. The number of alkyl halides is 2. The van der Waals surface area contributed by atoms with Crippen molar-refractivity contribution in [1.29, 1.82) is 0 Å². The molecule has 0 aliphatic carbocycles. The molecule has 1 aliphatic heterocycles. The molecule has 0 saturated carbocycles. The van der Waals surface area contributed by atoms with E-state index in [1.54, 1.807) is 16.8 Å².